The molecule has 1 atom stereocenters. The van der Waals surface area contributed by atoms with E-state index in [2.05, 4.69) is 39.6 Å². The third kappa shape index (κ3) is 1.37. The molecule has 1 spiro atoms. The molecule has 0 saturated carbocycles. The molecule has 92 valence electrons. The van der Waals surface area contributed by atoms with E-state index in [1.807, 2.05) is 6.33 Å². The quantitative estimate of drug-likeness (QED) is 0.737. The molecule has 0 saturated heterocycles. The molecule has 1 unspecified atom stereocenters. The molecule has 18 heavy (non-hydrogen) atoms. The van der Waals surface area contributed by atoms with Gasteiger partial charge in [0, 0.05) is 18.7 Å². The Morgan fingerprint density at radius 1 is 1.11 bits per heavy atom. The predicted octanol–water partition coefficient (Wildman–Crippen LogP) is 1.94. The molecule has 2 aromatic rings. The average Bonchev–Trinajstić information content (AvgIpc) is 2.89. The zero-order valence-corrected chi connectivity index (χ0v) is 10.4. The smallest absolute Gasteiger partial charge is 0.0926 e. The van der Waals surface area contributed by atoms with Gasteiger partial charge in [0.25, 0.3) is 0 Å². The minimum atomic E-state index is 0.0714. The van der Waals surface area contributed by atoms with E-state index in [0.717, 1.165) is 32.2 Å². The lowest BCUT2D eigenvalue weighted by atomic mass is 9.74. The standard InChI is InChI=1S/C15H17N3/c1-2-4-12-9-15(7-5-11(12)3-1)14-13(6-8-18-15)16-10-17-14/h1-4,10,18H,5-9H2,(H,16,17). The molecule has 1 aromatic carbocycles. The van der Waals surface area contributed by atoms with Crippen molar-refractivity contribution in [1.82, 2.24) is 15.3 Å². The Hall–Kier alpha value is -1.61. The van der Waals surface area contributed by atoms with Gasteiger partial charge in [-0.3, -0.25) is 0 Å². The summed E-state index contributed by atoms with van der Waals surface area (Å²) in [6, 6.07) is 8.81. The van der Waals surface area contributed by atoms with E-state index in [0.29, 0.717) is 0 Å². The Bertz CT molecular complexity index is 587. The van der Waals surface area contributed by atoms with Crippen LogP contribution < -0.4 is 5.32 Å². The predicted molar refractivity (Wildman–Crippen MR) is 70.4 cm³/mol. The maximum Gasteiger partial charge on any atom is 0.0926 e. The van der Waals surface area contributed by atoms with Gasteiger partial charge in [-0.2, -0.15) is 0 Å². The number of nitrogens with zero attached hydrogens (tertiary/aromatic N) is 1. The van der Waals surface area contributed by atoms with Crippen LogP contribution in [-0.4, -0.2) is 16.5 Å². The number of hydrogen-bond donors (Lipinski definition) is 2. The highest BCUT2D eigenvalue weighted by molar-refractivity contribution is 5.37. The van der Waals surface area contributed by atoms with Crippen molar-refractivity contribution in [1.29, 1.82) is 0 Å². The summed E-state index contributed by atoms with van der Waals surface area (Å²) >= 11 is 0. The lowest BCUT2D eigenvalue weighted by Crippen LogP contribution is -2.51. The Morgan fingerprint density at radius 3 is 2.94 bits per heavy atom. The van der Waals surface area contributed by atoms with Crippen LogP contribution in [0.3, 0.4) is 0 Å². The van der Waals surface area contributed by atoms with Crippen LogP contribution in [0.5, 0.6) is 0 Å². The minimum absolute atomic E-state index is 0.0714. The van der Waals surface area contributed by atoms with Crippen LogP contribution in [0.2, 0.25) is 0 Å². The van der Waals surface area contributed by atoms with Crippen molar-refractivity contribution in [2.75, 3.05) is 6.54 Å². The summed E-state index contributed by atoms with van der Waals surface area (Å²) in [5.41, 5.74) is 5.64. The topological polar surface area (TPSA) is 40.7 Å². The van der Waals surface area contributed by atoms with E-state index in [-0.39, 0.29) is 5.54 Å². The van der Waals surface area contributed by atoms with Crippen molar-refractivity contribution in [2.24, 2.45) is 0 Å². The number of aryl methyl sites for hydroxylation is 1. The minimum Gasteiger partial charge on any atom is -0.348 e. The number of imidazole rings is 1. The number of nitrogens with one attached hydrogen (secondary N) is 2. The SMILES string of the molecule is c1ccc2c(c1)CCC1(C2)NCCc2[nH]cnc21. The molecule has 2 aliphatic rings. The fraction of sp³-hybridized carbons (Fsp3) is 0.400. The number of fused-ring (bicyclic) bond motifs is 3. The Kier molecular flexibility index (Phi) is 2.12. The highest BCUT2D eigenvalue weighted by Gasteiger charge is 2.40. The van der Waals surface area contributed by atoms with Crippen molar-refractivity contribution in [3.05, 3.63) is 53.1 Å². The summed E-state index contributed by atoms with van der Waals surface area (Å²) in [6.45, 7) is 1.05. The van der Waals surface area contributed by atoms with E-state index >= 15 is 0 Å². The van der Waals surface area contributed by atoms with Gasteiger partial charge in [-0.1, -0.05) is 24.3 Å². The molecular formula is C15H17N3. The highest BCUT2D eigenvalue weighted by Crippen LogP contribution is 2.38. The van der Waals surface area contributed by atoms with Crippen molar-refractivity contribution < 1.29 is 0 Å². The third-order valence-corrected chi connectivity index (χ3v) is 4.44. The van der Waals surface area contributed by atoms with Crippen LogP contribution in [0.1, 0.15) is 28.9 Å². The van der Waals surface area contributed by atoms with Gasteiger partial charge in [-0.15, -0.1) is 0 Å². The summed E-state index contributed by atoms with van der Waals surface area (Å²) < 4.78 is 0. The van der Waals surface area contributed by atoms with Gasteiger partial charge in [-0.05, 0) is 30.4 Å². The van der Waals surface area contributed by atoms with E-state index in [1.54, 1.807) is 0 Å². The second kappa shape index (κ2) is 3.69. The van der Waals surface area contributed by atoms with Gasteiger partial charge in [0.2, 0.25) is 0 Å². The number of H-pyrrole nitrogens is 1. The van der Waals surface area contributed by atoms with Crippen molar-refractivity contribution >= 4 is 0 Å². The molecular weight excluding hydrogens is 222 g/mol. The lowest BCUT2D eigenvalue weighted by Gasteiger charge is -2.41. The van der Waals surface area contributed by atoms with E-state index in [1.165, 1.54) is 22.5 Å². The first-order chi connectivity index (χ1) is 8.87. The maximum atomic E-state index is 4.59. The number of aromatic nitrogens is 2. The molecule has 3 heteroatoms. The zero-order chi connectivity index (χ0) is 12.0. The average molecular weight is 239 g/mol. The van der Waals surface area contributed by atoms with Gasteiger partial charge in [0.05, 0.1) is 17.6 Å². The Balaban J connectivity index is 1.80. The van der Waals surface area contributed by atoms with Crippen LogP contribution in [0.15, 0.2) is 30.6 Å². The van der Waals surface area contributed by atoms with E-state index in [4.69, 9.17) is 0 Å². The van der Waals surface area contributed by atoms with Gasteiger partial charge in [0.15, 0.2) is 0 Å². The molecule has 1 aliphatic carbocycles. The van der Waals surface area contributed by atoms with Crippen LogP contribution in [-0.2, 0) is 24.8 Å². The molecule has 3 nitrogen and oxygen atoms in total. The van der Waals surface area contributed by atoms with Crippen LogP contribution >= 0.6 is 0 Å². The van der Waals surface area contributed by atoms with Gasteiger partial charge >= 0.3 is 0 Å². The first kappa shape index (κ1) is 10.3. The number of aromatic amines is 1. The van der Waals surface area contributed by atoms with Crippen molar-refractivity contribution in [3.8, 4) is 0 Å². The summed E-state index contributed by atoms with van der Waals surface area (Å²) in [6.07, 6.45) is 6.29. The molecule has 2 N–H and O–H groups in total. The summed E-state index contributed by atoms with van der Waals surface area (Å²) in [7, 11) is 0. The largest absolute Gasteiger partial charge is 0.348 e. The number of rotatable bonds is 0. The molecule has 2 heterocycles. The molecule has 1 aromatic heterocycles. The summed E-state index contributed by atoms with van der Waals surface area (Å²) in [5, 5.41) is 3.74. The summed E-state index contributed by atoms with van der Waals surface area (Å²) in [5.74, 6) is 0. The van der Waals surface area contributed by atoms with Crippen LogP contribution in [0, 0.1) is 0 Å². The zero-order valence-electron chi connectivity index (χ0n) is 10.4. The van der Waals surface area contributed by atoms with Crippen molar-refractivity contribution in [2.45, 2.75) is 31.2 Å². The van der Waals surface area contributed by atoms with Gasteiger partial charge in [0.1, 0.15) is 0 Å². The first-order valence-corrected chi connectivity index (χ1v) is 6.72. The van der Waals surface area contributed by atoms with Gasteiger partial charge < -0.3 is 10.3 Å². The molecule has 0 amide bonds. The third-order valence-electron chi connectivity index (χ3n) is 4.44. The summed E-state index contributed by atoms with van der Waals surface area (Å²) in [4.78, 5) is 7.89. The Labute approximate surface area is 107 Å². The maximum absolute atomic E-state index is 4.59. The molecule has 0 fully saturated rings. The van der Waals surface area contributed by atoms with Crippen molar-refractivity contribution in [3.63, 3.8) is 0 Å². The monoisotopic (exact) mass is 239 g/mol. The van der Waals surface area contributed by atoms with E-state index in [9.17, 15) is 0 Å². The lowest BCUT2D eigenvalue weighted by molar-refractivity contribution is 0.269. The molecule has 0 radical (unpaired) electrons. The number of benzene rings is 1. The van der Waals surface area contributed by atoms with Crippen LogP contribution in [0.25, 0.3) is 0 Å². The molecule has 0 bridgehead atoms. The Morgan fingerprint density at radius 2 is 2.00 bits per heavy atom. The fourth-order valence-electron chi connectivity index (χ4n) is 3.52. The normalized spacial score (nSPS) is 25.8. The van der Waals surface area contributed by atoms with Gasteiger partial charge in [-0.25, -0.2) is 4.98 Å². The number of hydrogen-bond acceptors (Lipinski definition) is 2. The second-order valence-corrected chi connectivity index (χ2v) is 5.43. The van der Waals surface area contributed by atoms with Crippen LogP contribution in [0.4, 0.5) is 0 Å². The second-order valence-electron chi connectivity index (χ2n) is 5.43. The highest BCUT2D eigenvalue weighted by atomic mass is 15.1. The molecule has 1 aliphatic heterocycles. The first-order valence-electron chi connectivity index (χ1n) is 6.72. The van der Waals surface area contributed by atoms with E-state index < -0.39 is 0 Å². The fourth-order valence-corrected chi connectivity index (χ4v) is 3.52. The molecule has 4 rings (SSSR count).